The van der Waals surface area contributed by atoms with Crippen LogP contribution < -0.4 is 4.90 Å². The highest BCUT2D eigenvalue weighted by Crippen LogP contribution is 2.21. The smallest absolute Gasteiger partial charge is 0.0363 e. The van der Waals surface area contributed by atoms with Crippen LogP contribution in [0.2, 0.25) is 0 Å². The van der Waals surface area contributed by atoms with Crippen LogP contribution in [0.3, 0.4) is 0 Å². The minimum absolute atomic E-state index is 1.02. The maximum atomic E-state index is 2.26. The van der Waals surface area contributed by atoms with Gasteiger partial charge in [-0.25, -0.2) is 0 Å². The van der Waals surface area contributed by atoms with Crippen molar-refractivity contribution in [3.63, 3.8) is 0 Å². The SMILES string of the molecule is Cc1ccc(Cc2ccc(N(C)C)cc2C)c(C)c1. The predicted molar refractivity (Wildman–Crippen MR) is 84.2 cm³/mol. The van der Waals surface area contributed by atoms with Gasteiger partial charge in [0.25, 0.3) is 0 Å². The van der Waals surface area contributed by atoms with Gasteiger partial charge in [0, 0.05) is 19.8 Å². The van der Waals surface area contributed by atoms with E-state index in [2.05, 4.69) is 76.2 Å². The van der Waals surface area contributed by atoms with Crippen molar-refractivity contribution in [2.24, 2.45) is 0 Å². The Labute approximate surface area is 116 Å². The van der Waals surface area contributed by atoms with E-state index in [0.29, 0.717) is 0 Å². The molecule has 0 heterocycles. The van der Waals surface area contributed by atoms with E-state index in [1.165, 1.54) is 33.5 Å². The number of aryl methyl sites for hydroxylation is 3. The van der Waals surface area contributed by atoms with E-state index in [1.54, 1.807) is 0 Å². The maximum Gasteiger partial charge on any atom is 0.0363 e. The highest BCUT2D eigenvalue weighted by molar-refractivity contribution is 5.50. The van der Waals surface area contributed by atoms with Crippen molar-refractivity contribution in [3.05, 3.63) is 64.2 Å². The summed E-state index contributed by atoms with van der Waals surface area (Å²) < 4.78 is 0. The zero-order valence-electron chi connectivity index (χ0n) is 12.6. The number of rotatable bonds is 3. The molecule has 0 aromatic heterocycles. The molecule has 2 rings (SSSR count). The summed E-state index contributed by atoms with van der Waals surface area (Å²) in [5.74, 6) is 0. The second kappa shape index (κ2) is 5.48. The van der Waals surface area contributed by atoms with E-state index in [1.807, 2.05) is 0 Å². The van der Waals surface area contributed by atoms with Crippen LogP contribution in [0.4, 0.5) is 5.69 Å². The monoisotopic (exact) mass is 253 g/mol. The van der Waals surface area contributed by atoms with Gasteiger partial charge in [-0.2, -0.15) is 0 Å². The zero-order chi connectivity index (χ0) is 14.0. The number of hydrogen-bond acceptors (Lipinski definition) is 1. The fourth-order valence-corrected chi connectivity index (χ4v) is 2.41. The molecule has 0 atom stereocenters. The molecular weight excluding hydrogens is 230 g/mol. The molecule has 0 aliphatic heterocycles. The molecule has 0 fully saturated rings. The van der Waals surface area contributed by atoms with Crippen molar-refractivity contribution < 1.29 is 0 Å². The predicted octanol–water partition coefficient (Wildman–Crippen LogP) is 4.27. The summed E-state index contributed by atoms with van der Waals surface area (Å²) in [6.45, 7) is 6.55. The number of benzene rings is 2. The topological polar surface area (TPSA) is 3.24 Å². The summed E-state index contributed by atoms with van der Waals surface area (Å²) in [5.41, 5.74) is 8.19. The minimum Gasteiger partial charge on any atom is -0.378 e. The summed E-state index contributed by atoms with van der Waals surface area (Å²) in [5, 5.41) is 0. The van der Waals surface area contributed by atoms with Gasteiger partial charge in [0.2, 0.25) is 0 Å². The largest absolute Gasteiger partial charge is 0.378 e. The molecule has 0 bridgehead atoms. The molecular formula is C18H23N. The molecule has 0 unspecified atom stereocenters. The lowest BCUT2D eigenvalue weighted by atomic mass is 9.96. The molecule has 100 valence electrons. The molecule has 1 nitrogen and oxygen atoms in total. The quantitative estimate of drug-likeness (QED) is 0.789. The van der Waals surface area contributed by atoms with Gasteiger partial charge in [0.05, 0.1) is 0 Å². The van der Waals surface area contributed by atoms with Crippen LogP contribution in [0, 0.1) is 20.8 Å². The van der Waals surface area contributed by atoms with Gasteiger partial charge in [0.15, 0.2) is 0 Å². The second-order valence-corrected chi connectivity index (χ2v) is 5.61. The average Bonchev–Trinajstić information content (AvgIpc) is 2.34. The van der Waals surface area contributed by atoms with Crippen LogP contribution in [0.25, 0.3) is 0 Å². The molecule has 1 heteroatoms. The van der Waals surface area contributed by atoms with Crippen molar-refractivity contribution in [3.8, 4) is 0 Å². The fraction of sp³-hybridized carbons (Fsp3) is 0.333. The molecule has 2 aromatic carbocycles. The summed E-state index contributed by atoms with van der Waals surface area (Å²) >= 11 is 0. The molecule has 0 amide bonds. The first-order valence-electron chi connectivity index (χ1n) is 6.80. The Bertz CT molecular complexity index is 582. The molecule has 0 radical (unpaired) electrons. The van der Waals surface area contributed by atoms with E-state index in [-0.39, 0.29) is 0 Å². The van der Waals surface area contributed by atoms with Crippen LogP contribution in [0.5, 0.6) is 0 Å². The maximum absolute atomic E-state index is 2.26. The standard InChI is InChI=1S/C18H23N/c1-13-6-7-16(14(2)10-13)12-17-8-9-18(19(4)5)11-15(17)3/h6-11H,12H2,1-5H3. The van der Waals surface area contributed by atoms with Crippen molar-refractivity contribution in [1.29, 1.82) is 0 Å². The van der Waals surface area contributed by atoms with Crippen molar-refractivity contribution in [1.82, 2.24) is 0 Å². The Morgan fingerprint density at radius 2 is 1.37 bits per heavy atom. The van der Waals surface area contributed by atoms with E-state index in [0.717, 1.165) is 6.42 Å². The van der Waals surface area contributed by atoms with Gasteiger partial charge >= 0.3 is 0 Å². The lowest BCUT2D eigenvalue weighted by molar-refractivity contribution is 1.09. The van der Waals surface area contributed by atoms with Gasteiger partial charge in [-0.05, 0) is 61.6 Å². The Hall–Kier alpha value is -1.76. The van der Waals surface area contributed by atoms with Crippen molar-refractivity contribution >= 4 is 5.69 Å². The fourth-order valence-electron chi connectivity index (χ4n) is 2.41. The number of hydrogen-bond donors (Lipinski definition) is 0. The number of anilines is 1. The van der Waals surface area contributed by atoms with Crippen LogP contribution >= 0.6 is 0 Å². The second-order valence-electron chi connectivity index (χ2n) is 5.61. The van der Waals surface area contributed by atoms with Crippen LogP contribution in [-0.4, -0.2) is 14.1 Å². The Balaban J connectivity index is 2.28. The molecule has 0 aliphatic rings. The Kier molecular flexibility index (Phi) is 3.94. The summed E-state index contributed by atoms with van der Waals surface area (Å²) in [6, 6.07) is 13.4. The first-order chi connectivity index (χ1) is 8.97. The van der Waals surface area contributed by atoms with Crippen molar-refractivity contribution in [2.75, 3.05) is 19.0 Å². The van der Waals surface area contributed by atoms with E-state index < -0.39 is 0 Å². The summed E-state index contributed by atoms with van der Waals surface area (Å²) in [6.07, 6.45) is 1.02. The summed E-state index contributed by atoms with van der Waals surface area (Å²) in [7, 11) is 4.16. The van der Waals surface area contributed by atoms with E-state index >= 15 is 0 Å². The molecule has 19 heavy (non-hydrogen) atoms. The van der Waals surface area contributed by atoms with E-state index in [9.17, 15) is 0 Å². The van der Waals surface area contributed by atoms with Crippen LogP contribution in [0.15, 0.2) is 36.4 Å². The third-order valence-electron chi connectivity index (χ3n) is 3.72. The molecule has 0 saturated heterocycles. The Morgan fingerprint density at radius 1 is 0.789 bits per heavy atom. The third-order valence-corrected chi connectivity index (χ3v) is 3.72. The van der Waals surface area contributed by atoms with Gasteiger partial charge in [0.1, 0.15) is 0 Å². The minimum atomic E-state index is 1.02. The molecule has 2 aromatic rings. The van der Waals surface area contributed by atoms with Crippen molar-refractivity contribution in [2.45, 2.75) is 27.2 Å². The highest BCUT2D eigenvalue weighted by atomic mass is 15.1. The van der Waals surface area contributed by atoms with Gasteiger partial charge in [-0.3, -0.25) is 0 Å². The van der Waals surface area contributed by atoms with Gasteiger partial charge in [-0.1, -0.05) is 29.8 Å². The molecule has 0 spiro atoms. The molecule has 0 N–H and O–H groups in total. The van der Waals surface area contributed by atoms with Crippen LogP contribution in [-0.2, 0) is 6.42 Å². The molecule has 0 aliphatic carbocycles. The van der Waals surface area contributed by atoms with Gasteiger partial charge in [-0.15, -0.1) is 0 Å². The summed E-state index contributed by atoms with van der Waals surface area (Å²) in [4.78, 5) is 2.15. The highest BCUT2D eigenvalue weighted by Gasteiger charge is 2.05. The Morgan fingerprint density at radius 3 is 1.89 bits per heavy atom. The van der Waals surface area contributed by atoms with Crippen LogP contribution in [0.1, 0.15) is 27.8 Å². The molecule has 0 saturated carbocycles. The van der Waals surface area contributed by atoms with E-state index in [4.69, 9.17) is 0 Å². The first-order valence-corrected chi connectivity index (χ1v) is 6.80. The third kappa shape index (κ3) is 3.17. The normalized spacial score (nSPS) is 10.6. The lowest BCUT2D eigenvalue weighted by Crippen LogP contribution is -2.09. The zero-order valence-corrected chi connectivity index (χ0v) is 12.6. The number of nitrogens with zero attached hydrogens (tertiary/aromatic N) is 1. The average molecular weight is 253 g/mol. The first kappa shape index (κ1) is 13.7. The van der Waals surface area contributed by atoms with Gasteiger partial charge < -0.3 is 4.90 Å². The lowest BCUT2D eigenvalue weighted by Gasteiger charge is -2.16.